The summed E-state index contributed by atoms with van der Waals surface area (Å²) in [6.45, 7) is 1.61. The highest BCUT2D eigenvalue weighted by molar-refractivity contribution is 7.89. The molecule has 0 N–H and O–H groups in total. The molecule has 9 heteroatoms. The van der Waals surface area contributed by atoms with Crippen molar-refractivity contribution in [3.8, 4) is 0 Å². The van der Waals surface area contributed by atoms with Crippen molar-refractivity contribution in [3.63, 3.8) is 0 Å². The number of furan rings is 2. The normalized spacial score (nSPS) is 15.1. The highest BCUT2D eigenvalue weighted by atomic mass is 32.2. The topological polar surface area (TPSA) is 84.0 Å². The zero-order chi connectivity index (χ0) is 19.6. The number of hydrogen-bond acceptors (Lipinski definition) is 6. The van der Waals surface area contributed by atoms with Gasteiger partial charge in [0.1, 0.15) is 5.76 Å². The van der Waals surface area contributed by atoms with Crippen molar-refractivity contribution < 1.29 is 22.0 Å². The van der Waals surface area contributed by atoms with Crippen LogP contribution >= 0.6 is 11.3 Å². The Morgan fingerprint density at radius 3 is 2.61 bits per heavy atom. The summed E-state index contributed by atoms with van der Waals surface area (Å²) in [5, 5.41) is 1.75. The van der Waals surface area contributed by atoms with E-state index >= 15 is 0 Å². The van der Waals surface area contributed by atoms with Crippen molar-refractivity contribution in [3.05, 3.63) is 64.4 Å². The zero-order valence-electron chi connectivity index (χ0n) is 15.1. The van der Waals surface area contributed by atoms with Crippen molar-refractivity contribution in [2.45, 2.75) is 31.0 Å². The van der Waals surface area contributed by atoms with E-state index in [2.05, 4.69) is 0 Å². The van der Waals surface area contributed by atoms with Gasteiger partial charge in [0.05, 0.1) is 19.4 Å². The van der Waals surface area contributed by atoms with E-state index in [9.17, 15) is 13.2 Å². The third-order valence-corrected chi connectivity index (χ3v) is 7.23. The van der Waals surface area contributed by atoms with Gasteiger partial charge in [0.25, 0.3) is 15.9 Å². The van der Waals surface area contributed by atoms with Gasteiger partial charge in [-0.05, 0) is 48.6 Å². The predicted molar refractivity (Wildman–Crippen MR) is 103 cm³/mol. The van der Waals surface area contributed by atoms with Crippen molar-refractivity contribution in [1.29, 1.82) is 0 Å². The molecule has 0 radical (unpaired) electrons. The van der Waals surface area contributed by atoms with E-state index < -0.39 is 10.0 Å². The van der Waals surface area contributed by atoms with Gasteiger partial charge in [0.2, 0.25) is 5.09 Å². The molecule has 4 heterocycles. The van der Waals surface area contributed by atoms with E-state index in [4.69, 9.17) is 8.83 Å². The molecule has 0 spiro atoms. The molecule has 0 unspecified atom stereocenters. The van der Waals surface area contributed by atoms with Gasteiger partial charge in [-0.2, -0.15) is 4.31 Å². The first kappa shape index (κ1) is 19.0. The lowest BCUT2D eigenvalue weighted by Gasteiger charge is -2.20. The van der Waals surface area contributed by atoms with E-state index in [1.807, 2.05) is 17.5 Å². The second kappa shape index (κ2) is 7.94. The SMILES string of the molecule is O=C(c1ccc(S(=O)(=O)N2CCCC2)o1)N(Cc1ccco1)Cc1cccs1. The lowest BCUT2D eigenvalue weighted by Crippen LogP contribution is -2.29. The first-order valence-electron chi connectivity index (χ1n) is 8.98. The Morgan fingerprint density at radius 2 is 1.93 bits per heavy atom. The lowest BCUT2D eigenvalue weighted by atomic mass is 10.3. The minimum Gasteiger partial charge on any atom is -0.467 e. The second-order valence-electron chi connectivity index (χ2n) is 6.55. The lowest BCUT2D eigenvalue weighted by molar-refractivity contribution is 0.0681. The number of rotatable bonds is 7. The molecule has 0 aliphatic carbocycles. The predicted octanol–water partition coefficient (Wildman–Crippen LogP) is 3.56. The number of hydrogen-bond donors (Lipinski definition) is 0. The Hall–Kier alpha value is -2.36. The van der Waals surface area contributed by atoms with Gasteiger partial charge >= 0.3 is 0 Å². The van der Waals surface area contributed by atoms with Crippen LogP contribution in [0.4, 0.5) is 0 Å². The largest absolute Gasteiger partial charge is 0.467 e. The quantitative estimate of drug-likeness (QED) is 0.584. The Labute approximate surface area is 167 Å². The highest BCUT2D eigenvalue weighted by Gasteiger charge is 2.31. The van der Waals surface area contributed by atoms with Crippen molar-refractivity contribution in [1.82, 2.24) is 9.21 Å². The van der Waals surface area contributed by atoms with Crippen molar-refractivity contribution in [2.24, 2.45) is 0 Å². The second-order valence-corrected chi connectivity index (χ2v) is 9.45. The molecule has 3 aromatic rings. The number of sulfonamides is 1. The first-order chi connectivity index (χ1) is 13.5. The zero-order valence-corrected chi connectivity index (χ0v) is 16.7. The molecule has 1 aliphatic heterocycles. The van der Waals surface area contributed by atoms with Crippen LogP contribution in [0.5, 0.6) is 0 Å². The van der Waals surface area contributed by atoms with E-state index in [0.29, 0.717) is 25.4 Å². The molecule has 0 bridgehead atoms. The molecule has 0 saturated carbocycles. The first-order valence-corrected chi connectivity index (χ1v) is 11.3. The van der Waals surface area contributed by atoms with Gasteiger partial charge in [-0.3, -0.25) is 4.79 Å². The molecule has 4 rings (SSSR count). The summed E-state index contributed by atoms with van der Waals surface area (Å²) in [4.78, 5) is 15.6. The van der Waals surface area contributed by atoms with Crippen LogP contribution in [0.15, 0.2) is 62.0 Å². The molecule has 148 valence electrons. The highest BCUT2D eigenvalue weighted by Crippen LogP contribution is 2.24. The van der Waals surface area contributed by atoms with Crippen molar-refractivity contribution >= 4 is 27.3 Å². The summed E-state index contributed by atoms with van der Waals surface area (Å²) in [6.07, 6.45) is 3.23. The van der Waals surface area contributed by atoms with Crippen LogP contribution in [-0.2, 0) is 23.1 Å². The monoisotopic (exact) mass is 420 g/mol. The Balaban J connectivity index is 1.57. The number of thiophene rings is 1. The summed E-state index contributed by atoms with van der Waals surface area (Å²) in [5.41, 5.74) is 0. The minimum absolute atomic E-state index is 0.000819. The van der Waals surface area contributed by atoms with E-state index in [1.165, 1.54) is 16.4 Å². The molecule has 1 amide bonds. The van der Waals surface area contributed by atoms with Crippen LogP contribution in [0.3, 0.4) is 0 Å². The van der Waals surface area contributed by atoms with Crippen LogP contribution in [-0.4, -0.2) is 36.6 Å². The number of carbonyl (C=O) groups is 1. The fraction of sp³-hybridized carbons (Fsp3) is 0.316. The van der Waals surface area contributed by atoms with Gasteiger partial charge in [-0.1, -0.05) is 6.07 Å². The van der Waals surface area contributed by atoms with Crippen LogP contribution in [0.2, 0.25) is 0 Å². The van der Waals surface area contributed by atoms with Crippen molar-refractivity contribution in [2.75, 3.05) is 13.1 Å². The molecule has 3 aromatic heterocycles. The Bertz CT molecular complexity index is 980. The maximum absolute atomic E-state index is 13.0. The van der Waals surface area contributed by atoms with Gasteiger partial charge in [0.15, 0.2) is 5.76 Å². The molecule has 1 aliphatic rings. The fourth-order valence-electron chi connectivity index (χ4n) is 3.17. The number of amides is 1. The molecular formula is C19H20N2O5S2. The van der Waals surface area contributed by atoms with Gasteiger partial charge in [0, 0.05) is 18.0 Å². The summed E-state index contributed by atoms with van der Waals surface area (Å²) >= 11 is 1.55. The van der Waals surface area contributed by atoms with Crippen LogP contribution < -0.4 is 0 Å². The van der Waals surface area contributed by atoms with Gasteiger partial charge in [-0.15, -0.1) is 11.3 Å². The van der Waals surface area contributed by atoms with Crippen LogP contribution in [0.1, 0.15) is 34.0 Å². The van der Waals surface area contributed by atoms with E-state index in [1.54, 1.807) is 34.6 Å². The van der Waals surface area contributed by atoms with Crippen LogP contribution in [0, 0.1) is 0 Å². The molecule has 28 heavy (non-hydrogen) atoms. The third kappa shape index (κ3) is 3.91. The fourth-order valence-corrected chi connectivity index (χ4v) is 5.31. The third-order valence-electron chi connectivity index (χ3n) is 4.59. The average molecular weight is 421 g/mol. The smallest absolute Gasteiger partial charge is 0.290 e. The standard InChI is InChI=1S/C19H20N2O5S2/c22-19(17-7-8-18(26-17)28(23,24)21-9-1-2-10-21)20(13-15-5-3-11-25-15)14-16-6-4-12-27-16/h3-8,11-12H,1-2,9-10,13-14H2. The minimum atomic E-state index is -3.70. The summed E-state index contributed by atoms with van der Waals surface area (Å²) in [5.74, 6) is 0.259. The molecule has 0 atom stereocenters. The average Bonchev–Trinajstić information content (AvgIpc) is 3.49. The van der Waals surface area contributed by atoms with Gasteiger partial charge < -0.3 is 13.7 Å². The molecular weight excluding hydrogens is 400 g/mol. The molecule has 1 fully saturated rings. The van der Waals surface area contributed by atoms with E-state index in [0.717, 1.165) is 17.7 Å². The Morgan fingerprint density at radius 1 is 1.11 bits per heavy atom. The van der Waals surface area contributed by atoms with Crippen LogP contribution in [0.25, 0.3) is 0 Å². The maximum atomic E-state index is 13.0. The summed E-state index contributed by atoms with van der Waals surface area (Å²) in [7, 11) is -3.70. The van der Waals surface area contributed by atoms with Gasteiger partial charge in [-0.25, -0.2) is 8.42 Å². The number of carbonyl (C=O) groups excluding carboxylic acids is 1. The maximum Gasteiger partial charge on any atom is 0.290 e. The summed E-state index contributed by atoms with van der Waals surface area (Å²) < 4.78 is 37.6. The summed E-state index contributed by atoms with van der Waals surface area (Å²) in [6, 6.07) is 10.2. The Kier molecular flexibility index (Phi) is 5.38. The number of nitrogens with zero attached hydrogens (tertiary/aromatic N) is 2. The molecule has 0 aromatic carbocycles. The molecule has 7 nitrogen and oxygen atoms in total. The van der Waals surface area contributed by atoms with E-state index in [-0.39, 0.29) is 23.3 Å². The molecule has 1 saturated heterocycles.